The summed E-state index contributed by atoms with van der Waals surface area (Å²) in [6, 6.07) is 4.45. The van der Waals surface area contributed by atoms with Crippen molar-refractivity contribution in [2.24, 2.45) is 5.92 Å². The van der Waals surface area contributed by atoms with Gasteiger partial charge in [0.25, 0.3) is 5.91 Å². The zero-order valence-corrected chi connectivity index (χ0v) is 12.2. The van der Waals surface area contributed by atoms with Gasteiger partial charge in [-0.05, 0) is 30.2 Å². The summed E-state index contributed by atoms with van der Waals surface area (Å²) in [6.07, 6.45) is 8.72. The Balaban J connectivity index is 1.47. The maximum absolute atomic E-state index is 12.6. The Kier molecular flexibility index (Phi) is 3.04. The van der Waals surface area contributed by atoms with Gasteiger partial charge in [-0.1, -0.05) is 12.5 Å². The van der Waals surface area contributed by atoms with Gasteiger partial charge in [0.05, 0.1) is 6.04 Å². The highest BCUT2D eigenvalue weighted by Gasteiger charge is 2.40. The third-order valence-electron chi connectivity index (χ3n) is 4.64. The van der Waals surface area contributed by atoms with E-state index in [1.807, 2.05) is 22.3 Å². The molecule has 2 unspecified atom stereocenters. The van der Waals surface area contributed by atoms with Crippen LogP contribution in [0.1, 0.15) is 36.6 Å². The van der Waals surface area contributed by atoms with Crippen LogP contribution in [0.2, 0.25) is 0 Å². The number of nitrogens with zero attached hydrogens (tertiary/aromatic N) is 2. The van der Waals surface area contributed by atoms with Crippen molar-refractivity contribution < 1.29 is 4.79 Å². The fraction of sp³-hybridized carbons (Fsp3) is 0.533. The van der Waals surface area contributed by atoms with Crippen molar-refractivity contribution in [2.75, 3.05) is 6.54 Å². The molecule has 3 heterocycles. The number of rotatable bonds is 3. The van der Waals surface area contributed by atoms with Crippen molar-refractivity contribution in [3.05, 3.63) is 34.8 Å². The lowest BCUT2D eigenvalue weighted by Crippen LogP contribution is -2.49. The first kappa shape index (κ1) is 12.4. The van der Waals surface area contributed by atoms with Gasteiger partial charge in [-0.2, -0.15) is 0 Å². The van der Waals surface area contributed by atoms with Crippen LogP contribution in [-0.4, -0.2) is 28.4 Å². The molecular formula is C15H19N3OS. The molecule has 1 aromatic rings. The smallest absolute Gasteiger partial charge is 0.250 e. The van der Waals surface area contributed by atoms with Gasteiger partial charge in [0.15, 0.2) is 0 Å². The van der Waals surface area contributed by atoms with E-state index >= 15 is 0 Å². The molecule has 2 aliphatic heterocycles. The zero-order valence-electron chi connectivity index (χ0n) is 11.4. The molecule has 0 bridgehead atoms. The fourth-order valence-corrected chi connectivity index (χ4v) is 4.00. The van der Waals surface area contributed by atoms with Gasteiger partial charge < -0.3 is 9.91 Å². The highest BCUT2D eigenvalue weighted by molar-refractivity contribution is 7.10. The molecule has 0 radical (unpaired) electrons. The van der Waals surface area contributed by atoms with Crippen LogP contribution in [0.5, 0.6) is 0 Å². The van der Waals surface area contributed by atoms with Gasteiger partial charge in [-0.3, -0.25) is 4.79 Å². The van der Waals surface area contributed by atoms with Crippen LogP contribution in [0.15, 0.2) is 29.9 Å². The van der Waals surface area contributed by atoms with E-state index in [0.29, 0.717) is 0 Å². The largest absolute Gasteiger partial charge is 0.315 e. The number of carbonyl (C=O) groups excluding carboxylic acids is 1. The van der Waals surface area contributed by atoms with E-state index in [0.717, 1.165) is 18.9 Å². The van der Waals surface area contributed by atoms with Crippen LogP contribution in [-0.2, 0) is 4.79 Å². The number of hydrogen-bond donors (Lipinski definition) is 1. The summed E-state index contributed by atoms with van der Waals surface area (Å²) in [6.45, 7) is 0.906. The molecule has 1 saturated heterocycles. The monoisotopic (exact) mass is 289 g/mol. The first-order valence-corrected chi connectivity index (χ1v) is 8.26. The summed E-state index contributed by atoms with van der Waals surface area (Å²) in [5, 5.41) is 4.08. The molecule has 1 aromatic heterocycles. The fourth-order valence-electron chi connectivity index (χ4n) is 3.22. The second-order valence-electron chi connectivity index (χ2n) is 5.94. The molecule has 1 saturated carbocycles. The Morgan fingerprint density at radius 2 is 2.25 bits per heavy atom. The molecule has 106 valence electrons. The van der Waals surface area contributed by atoms with Gasteiger partial charge in [-0.25, -0.2) is 5.43 Å². The van der Waals surface area contributed by atoms with Crippen LogP contribution >= 0.6 is 11.3 Å². The lowest BCUT2D eigenvalue weighted by atomic mass is 9.85. The summed E-state index contributed by atoms with van der Waals surface area (Å²) < 4.78 is 0. The van der Waals surface area contributed by atoms with Gasteiger partial charge in [0.1, 0.15) is 6.04 Å². The Labute approximate surface area is 123 Å². The Morgan fingerprint density at radius 1 is 1.35 bits per heavy atom. The molecule has 3 aliphatic rings. The van der Waals surface area contributed by atoms with E-state index in [9.17, 15) is 4.79 Å². The zero-order chi connectivity index (χ0) is 13.5. The Hall–Kier alpha value is -1.33. The number of carbonyl (C=O) groups is 1. The van der Waals surface area contributed by atoms with Gasteiger partial charge in [0.2, 0.25) is 0 Å². The molecule has 1 aliphatic carbocycles. The molecule has 0 spiro atoms. The number of nitrogens with one attached hydrogen (secondary N) is 1. The summed E-state index contributed by atoms with van der Waals surface area (Å²) >= 11 is 1.75. The second kappa shape index (κ2) is 4.90. The van der Waals surface area contributed by atoms with Crippen molar-refractivity contribution in [3.63, 3.8) is 0 Å². The average molecular weight is 289 g/mol. The maximum atomic E-state index is 12.6. The van der Waals surface area contributed by atoms with Crippen molar-refractivity contribution >= 4 is 17.2 Å². The number of hydrazine groups is 1. The van der Waals surface area contributed by atoms with Gasteiger partial charge in [-0.15, -0.1) is 11.3 Å². The molecule has 4 nitrogen and oxygen atoms in total. The van der Waals surface area contributed by atoms with Crippen molar-refractivity contribution in [3.8, 4) is 0 Å². The maximum Gasteiger partial charge on any atom is 0.250 e. The number of thiophene rings is 1. The molecule has 1 amide bonds. The number of fused-ring (bicyclic) bond motifs is 1. The molecule has 5 heteroatoms. The molecule has 1 N–H and O–H groups in total. The molecular weight excluding hydrogens is 270 g/mol. The Bertz CT molecular complexity index is 523. The van der Waals surface area contributed by atoms with E-state index in [1.165, 1.54) is 24.1 Å². The highest BCUT2D eigenvalue weighted by Crippen LogP contribution is 2.34. The summed E-state index contributed by atoms with van der Waals surface area (Å²) in [5.41, 5.74) is 3.44. The molecule has 0 aromatic carbocycles. The summed E-state index contributed by atoms with van der Waals surface area (Å²) in [5.74, 6) is 0.976. The second-order valence-corrected chi connectivity index (χ2v) is 6.92. The van der Waals surface area contributed by atoms with Gasteiger partial charge >= 0.3 is 0 Å². The third kappa shape index (κ3) is 2.05. The predicted octanol–water partition coefficient (Wildman–Crippen LogP) is 2.48. The van der Waals surface area contributed by atoms with E-state index < -0.39 is 0 Å². The predicted molar refractivity (Wildman–Crippen MR) is 78.6 cm³/mol. The van der Waals surface area contributed by atoms with Crippen molar-refractivity contribution in [1.82, 2.24) is 15.3 Å². The van der Waals surface area contributed by atoms with E-state index in [4.69, 9.17) is 0 Å². The summed E-state index contributed by atoms with van der Waals surface area (Å²) in [4.78, 5) is 15.8. The van der Waals surface area contributed by atoms with Crippen molar-refractivity contribution in [2.45, 2.75) is 37.8 Å². The minimum atomic E-state index is -0.0350. The van der Waals surface area contributed by atoms with Crippen LogP contribution in [0.25, 0.3) is 0 Å². The molecule has 2 fully saturated rings. The lowest BCUT2D eigenvalue weighted by molar-refractivity contribution is -0.135. The first-order valence-electron chi connectivity index (χ1n) is 7.38. The average Bonchev–Trinajstić information content (AvgIpc) is 3.04. The normalized spacial score (nSPS) is 29.7. The standard InChI is InChI=1S/C15H19N3OS/c19-15-13-9-12(14-5-2-8-20-14)16-18(13)7-6-17(15)10-11-3-1-4-11/h2,5-8,11-13,16H,1,3-4,9-10H2. The van der Waals surface area contributed by atoms with E-state index in [-0.39, 0.29) is 18.0 Å². The van der Waals surface area contributed by atoms with Gasteiger partial charge in [0, 0.05) is 30.2 Å². The van der Waals surface area contributed by atoms with Crippen LogP contribution < -0.4 is 5.43 Å². The SMILES string of the molecule is O=C1C2CC(c3cccs3)NN2C=CN1CC1CCC1. The summed E-state index contributed by atoms with van der Waals surface area (Å²) in [7, 11) is 0. The van der Waals surface area contributed by atoms with Crippen molar-refractivity contribution in [1.29, 1.82) is 0 Å². The molecule has 20 heavy (non-hydrogen) atoms. The van der Waals surface area contributed by atoms with Crippen LogP contribution in [0.4, 0.5) is 0 Å². The highest BCUT2D eigenvalue weighted by atomic mass is 32.1. The minimum Gasteiger partial charge on any atom is -0.315 e. The number of amides is 1. The minimum absolute atomic E-state index is 0.0350. The topological polar surface area (TPSA) is 35.6 Å². The third-order valence-corrected chi connectivity index (χ3v) is 5.63. The first-order chi connectivity index (χ1) is 9.81. The Morgan fingerprint density at radius 3 is 2.95 bits per heavy atom. The van der Waals surface area contributed by atoms with Crippen LogP contribution in [0.3, 0.4) is 0 Å². The number of hydrogen-bond acceptors (Lipinski definition) is 4. The van der Waals surface area contributed by atoms with E-state index in [2.05, 4.69) is 22.9 Å². The quantitative estimate of drug-likeness (QED) is 0.928. The molecule has 2 atom stereocenters. The lowest BCUT2D eigenvalue weighted by Gasteiger charge is -2.36. The van der Waals surface area contributed by atoms with Crippen LogP contribution in [0, 0.1) is 5.92 Å². The molecule has 4 rings (SSSR count). The van der Waals surface area contributed by atoms with E-state index in [1.54, 1.807) is 11.3 Å².